The molecule has 0 aromatic heterocycles. The van der Waals surface area contributed by atoms with Gasteiger partial charge in [0.2, 0.25) is 0 Å². The van der Waals surface area contributed by atoms with Gasteiger partial charge in [0, 0.05) is 13.1 Å². The molecule has 0 aliphatic carbocycles. The zero-order valence-electron chi connectivity index (χ0n) is 17.6. The van der Waals surface area contributed by atoms with E-state index in [1.54, 1.807) is 12.1 Å². The van der Waals surface area contributed by atoms with Gasteiger partial charge in [0.15, 0.2) is 0 Å². The lowest BCUT2D eigenvalue weighted by Crippen LogP contribution is -2.08. The van der Waals surface area contributed by atoms with Crippen LogP contribution in [0, 0.1) is 0 Å². The summed E-state index contributed by atoms with van der Waals surface area (Å²) in [7, 11) is 0. The van der Waals surface area contributed by atoms with E-state index in [1.165, 1.54) is 24.3 Å². The molecule has 0 fully saturated rings. The van der Waals surface area contributed by atoms with Crippen LogP contribution in [0.2, 0.25) is 0 Å². The highest BCUT2D eigenvalue weighted by Crippen LogP contribution is 2.34. The van der Waals surface area contributed by atoms with Crippen molar-refractivity contribution in [3.63, 3.8) is 0 Å². The highest BCUT2D eigenvalue weighted by molar-refractivity contribution is 5.98. The van der Waals surface area contributed by atoms with Crippen molar-refractivity contribution >= 4 is 23.9 Å². The highest BCUT2D eigenvalue weighted by Gasteiger charge is 2.19. The van der Waals surface area contributed by atoms with Crippen LogP contribution in [0.3, 0.4) is 0 Å². The Kier molecular flexibility index (Phi) is 6.76. The van der Waals surface area contributed by atoms with Crippen LogP contribution < -0.4 is 11.5 Å². The van der Waals surface area contributed by atoms with E-state index in [0.717, 1.165) is 12.1 Å². The van der Waals surface area contributed by atoms with E-state index in [0.29, 0.717) is 33.4 Å². The minimum atomic E-state index is -1.30. The van der Waals surface area contributed by atoms with Crippen LogP contribution >= 0.6 is 0 Å². The summed E-state index contributed by atoms with van der Waals surface area (Å²) in [6.07, 6.45) is 0. The lowest BCUT2D eigenvalue weighted by atomic mass is 9.88. The second-order valence-electron chi connectivity index (χ2n) is 7.39. The Hall–Kier alpha value is -4.54. The van der Waals surface area contributed by atoms with Crippen LogP contribution in [0.5, 0.6) is 0 Å². The SMILES string of the molecule is NCc1cc(-c2cc(C(=O)O)cc(C(=O)O)c2)c(CN)cc1-c1cc(C(=O)O)cc(C(=O)O)c1. The monoisotopic (exact) mass is 464 g/mol. The first-order chi connectivity index (χ1) is 16.0. The number of hydrogen-bond donors (Lipinski definition) is 6. The molecule has 174 valence electrons. The molecule has 3 rings (SSSR count). The van der Waals surface area contributed by atoms with E-state index >= 15 is 0 Å². The van der Waals surface area contributed by atoms with Crippen molar-refractivity contribution in [3.8, 4) is 22.3 Å². The molecule has 0 radical (unpaired) electrons. The zero-order valence-corrected chi connectivity index (χ0v) is 17.6. The first-order valence-corrected chi connectivity index (χ1v) is 9.85. The number of carboxylic acid groups (broad SMARTS) is 4. The van der Waals surface area contributed by atoms with Gasteiger partial charge >= 0.3 is 23.9 Å². The third kappa shape index (κ3) is 4.77. The van der Waals surface area contributed by atoms with Crippen LogP contribution in [-0.4, -0.2) is 44.3 Å². The second kappa shape index (κ2) is 9.53. The molecule has 34 heavy (non-hydrogen) atoms. The van der Waals surface area contributed by atoms with Crippen molar-refractivity contribution in [2.75, 3.05) is 0 Å². The Labute approximate surface area is 192 Å². The molecule has 0 aliphatic rings. The smallest absolute Gasteiger partial charge is 0.335 e. The summed E-state index contributed by atoms with van der Waals surface area (Å²) in [6.45, 7) is -0.0609. The largest absolute Gasteiger partial charge is 0.478 e. The van der Waals surface area contributed by atoms with Crippen LogP contribution in [0.1, 0.15) is 52.6 Å². The van der Waals surface area contributed by atoms with E-state index in [9.17, 15) is 39.6 Å². The van der Waals surface area contributed by atoms with Crippen molar-refractivity contribution in [2.45, 2.75) is 13.1 Å². The second-order valence-corrected chi connectivity index (χ2v) is 7.39. The van der Waals surface area contributed by atoms with Gasteiger partial charge in [-0.3, -0.25) is 0 Å². The van der Waals surface area contributed by atoms with Gasteiger partial charge in [0.1, 0.15) is 0 Å². The Morgan fingerprint density at radius 1 is 0.500 bits per heavy atom. The van der Waals surface area contributed by atoms with Crippen molar-refractivity contribution in [3.05, 3.63) is 81.9 Å². The molecule has 3 aromatic rings. The van der Waals surface area contributed by atoms with Gasteiger partial charge in [-0.15, -0.1) is 0 Å². The lowest BCUT2D eigenvalue weighted by molar-refractivity contribution is 0.0676. The molecule has 0 amide bonds. The lowest BCUT2D eigenvalue weighted by Gasteiger charge is -2.17. The third-order valence-corrected chi connectivity index (χ3v) is 5.24. The van der Waals surface area contributed by atoms with Crippen molar-refractivity contribution in [1.82, 2.24) is 0 Å². The van der Waals surface area contributed by atoms with Crippen LogP contribution in [0.25, 0.3) is 22.3 Å². The Morgan fingerprint density at radius 3 is 0.971 bits per heavy atom. The van der Waals surface area contributed by atoms with Gasteiger partial charge in [-0.25, -0.2) is 19.2 Å². The summed E-state index contributed by atoms with van der Waals surface area (Å²) in [5.74, 6) is -5.22. The Balaban J connectivity index is 2.30. The fourth-order valence-corrected chi connectivity index (χ4v) is 3.62. The van der Waals surface area contributed by atoms with E-state index in [1.807, 2.05) is 0 Å². The average Bonchev–Trinajstić information content (AvgIpc) is 2.82. The first kappa shape index (κ1) is 24.1. The molecule has 0 aliphatic heterocycles. The molecule has 0 atom stereocenters. The average molecular weight is 464 g/mol. The van der Waals surface area contributed by atoms with E-state index in [4.69, 9.17) is 11.5 Å². The first-order valence-electron chi connectivity index (χ1n) is 9.85. The van der Waals surface area contributed by atoms with Crippen molar-refractivity contribution < 1.29 is 39.6 Å². The Morgan fingerprint density at radius 2 is 0.765 bits per heavy atom. The summed E-state index contributed by atoms with van der Waals surface area (Å²) < 4.78 is 0. The number of hydrogen-bond acceptors (Lipinski definition) is 6. The maximum atomic E-state index is 11.5. The summed E-state index contributed by atoms with van der Waals surface area (Å²) in [6, 6.07) is 10.6. The molecule has 0 saturated heterocycles. The van der Waals surface area contributed by atoms with E-state index < -0.39 is 23.9 Å². The fourth-order valence-electron chi connectivity index (χ4n) is 3.62. The molecule has 0 heterocycles. The number of nitrogens with two attached hydrogens (primary N) is 2. The van der Waals surface area contributed by atoms with Gasteiger partial charge < -0.3 is 31.9 Å². The molecule has 0 saturated carbocycles. The molecule has 10 heteroatoms. The van der Waals surface area contributed by atoms with E-state index in [2.05, 4.69) is 0 Å². The van der Waals surface area contributed by atoms with Crippen LogP contribution in [-0.2, 0) is 13.1 Å². The molecule has 3 aromatic carbocycles. The van der Waals surface area contributed by atoms with Crippen molar-refractivity contribution in [1.29, 1.82) is 0 Å². The molecule has 0 spiro atoms. The predicted molar refractivity (Wildman–Crippen MR) is 121 cm³/mol. The van der Waals surface area contributed by atoms with Crippen molar-refractivity contribution in [2.24, 2.45) is 11.5 Å². The minimum absolute atomic E-state index is 0.0305. The molecule has 10 nitrogen and oxygen atoms in total. The molecule has 0 bridgehead atoms. The number of carbonyl (C=O) groups is 4. The maximum absolute atomic E-state index is 11.5. The summed E-state index contributed by atoms with van der Waals surface area (Å²) in [5, 5.41) is 37.6. The number of carboxylic acids is 4. The summed E-state index contributed by atoms with van der Waals surface area (Å²) in [4.78, 5) is 46.1. The Bertz CT molecular complexity index is 1180. The third-order valence-electron chi connectivity index (χ3n) is 5.24. The summed E-state index contributed by atoms with van der Waals surface area (Å²) >= 11 is 0. The van der Waals surface area contributed by atoms with Crippen LogP contribution in [0.15, 0.2) is 48.5 Å². The molecule has 8 N–H and O–H groups in total. The van der Waals surface area contributed by atoms with Gasteiger partial charge in [-0.2, -0.15) is 0 Å². The maximum Gasteiger partial charge on any atom is 0.335 e. The molecular formula is C24H20N2O8. The molecule has 0 unspecified atom stereocenters. The standard InChI is InChI=1S/C24H20N2O8/c25-9-17-8-20(12-3-15(23(31)32)6-16(4-12)24(33)34)18(10-26)7-19(17)11-1-13(21(27)28)5-14(2-11)22(29)30/h1-8H,9-10,25-26H2,(H,27,28)(H,29,30)(H,31,32)(H,33,34). The summed E-state index contributed by atoms with van der Waals surface area (Å²) in [5.41, 5.74) is 13.4. The normalized spacial score (nSPS) is 10.6. The van der Waals surface area contributed by atoms with E-state index in [-0.39, 0.29) is 35.3 Å². The highest BCUT2D eigenvalue weighted by atomic mass is 16.4. The van der Waals surface area contributed by atoms with Gasteiger partial charge in [0.25, 0.3) is 0 Å². The zero-order chi connectivity index (χ0) is 25.2. The van der Waals surface area contributed by atoms with Gasteiger partial charge in [-0.1, -0.05) is 0 Å². The number of aromatic carboxylic acids is 4. The van der Waals surface area contributed by atoms with Crippen LogP contribution in [0.4, 0.5) is 0 Å². The van der Waals surface area contributed by atoms with Gasteiger partial charge in [0.05, 0.1) is 22.3 Å². The van der Waals surface area contributed by atoms with Gasteiger partial charge in [-0.05, 0) is 81.9 Å². The number of rotatable bonds is 8. The molecular weight excluding hydrogens is 444 g/mol. The topological polar surface area (TPSA) is 201 Å². The fraction of sp³-hybridized carbons (Fsp3) is 0.0833. The number of benzene rings is 3. The minimum Gasteiger partial charge on any atom is -0.478 e. The predicted octanol–water partition coefficient (Wildman–Crippen LogP) is 2.73. The quantitative estimate of drug-likeness (QED) is 0.288.